The molecule has 84 valence electrons. The summed E-state index contributed by atoms with van der Waals surface area (Å²) in [6, 6.07) is 0. The average Bonchev–Trinajstić information content (AvgIpc) is 2.60. The number of hydrogen-bond acceptors (Lipinski definition) is 4. The van der Waals surface area contributed by atoms with Crippen LogP contribution in [-0.2, 0) is 4.74 Å². The van der Waals surface area contributed by atoms with E-state index in [9.17, 15) is 4.79 Å². The quantitative estimate of drug-likeness (QED) is 0.791. The molecule has 0 N–H and O–H groups in total. The molecule has 0 radical (unpaired) electrons. The van der Waals surface area contributed by atoms with E-state index >= 15 is 0 Å². The molecule has 5 nitrogen and oxygen atoms in total. The largest absolute Gasteiger partial charge is 0.462 e. The summed E-state index contributed by atoms with van der Waals surface area (Å²) < 4.78 is 7.14. The van der Waals surface area contributed by atoms with Crippen molar-refractivity contribution < 1.29 is 9.53 Å². The first-order valence-corrected chi connectivity index (χ1v) is 5.60. The lowest BCUT2D eigenvalue weighted by molar-refractivity contribution is 0.0524. The van der Waals surface area contributed by atoms with Gasteiger partial charge in [-0.25, -0.2) is 14.3 Å². The number of rotatable bonds is 2. The van der Waals surface area contributed by atoms with Crippen LogP contribution in [0.2, 0.25) is 0 Å². The lowest BCUT2D eigenvalue weighted by atomic mass is 10.3. The molecule has 0 spiro atoms. The Bertz CT molecular complexity index is 550. The third kappa shape index (κ3) is 1.80. The summed E-state index contributed by atoms with van der Waals surface area (Å²) in [6.45, 7) is 3.96. The topological polar surface area (TPSA) is 56.5 Å². The Hall–Kier alpha value is -1.43. The summed E-state index contributed by atoms with van der Waals surface area (Å²) in [5, 5.41) is 4.09. The van der Waals surface area contributed by atoms with Crippen LogP contribution < -0.4 is 0 Å². The van der Waals surface area contributed by atoms with Gasteiger partial charge >= 0.3 is 5.97 Å². The monoisotopic (exact) mass is 283 g/mol. The number of imidazole rings is 1. The highest BCUT2D eigenvalue weighted by molar-refractivity contribution is 9.10. The summed E-state index contributed by atoms with van der Waals surface area (Å²) in [5.74, 6) is -0.398. The standard InChI is InChI=1S/C10H10BrN3O2/c1-3-16-10(15)7-4-12-14-5-6(2)13-9(14)8(7)11/h4-5H,3H2,1-2H3. The fourth-order valence-corrected chi connectivity index (χ4v) is 1.91. The van der Waals surface area contributed by atoms with Crippen LogP contribution >= 0.6 is 15.9 Å². The molecule has 2 aromatic rings. The van der Waals surface area contributed by atoms with E-state index in [2.05, 4.69) is 26.0 Å². The van der Waals surface area contributed by atoms with Crippen molar-refractivity contribution in [3.8, 4) is 0 Å². The lowest BCUT2D eigenvalue weighted by Crippen LogP contribution is -2.08. The second kappa shape index (κ2) is 4.21. The van der Waals surface area contributed by atoms with Gasteiger partial charge in [-0.2, -0.15) is 5.10 Å². The van der Waals surface area contributed by atoms with E-state index in [4.69, 9.17) is 4.74 Å². The first kappa shape index (κ1) is 11.1. The summed E-state index contributed by atoms with van der Waals surface area (Å²) in [7, 11) is 0. The highest BCUT2D eigenvalue weighted by atomic mass is 79.9. The minimum atomic E-state index is -0.398. The SMILES string of the molecule is CCOC(=O)c1cnn2cc(C)nc2c1Br. The molecule has 0 atom stereocenters. The third-order valence-corrected chi connectivity index (χ3v) is 2.83. The third-order valence-electron chi connectivity index (χ3n) is 2.05. The van der Waals surface area contributed by atoms with Crippen molar-refractivity contribution in [2.24, 2.45) is 0 Å². The van der Waals surface area contributed by atoms with Crippen molar-refractivity contribution in [2.45, 2.75) is 13.8 Å². The fraction of sp³-hybridized carbons (Fsp3) is 0.300. The van der Waals surface area contributed by atoms with Crippen LogP contribution in [0, 0.1) is 6.92 Å². The van der Waals surface area contributed by atoms with Crippen molar-refractivity contribution in [3.05, 3.63) is 28.1 Å². The number of nitrogens with zero attached hydrogens (tertiary/aromatic N) is 3. The average molecular weight is 284 g/mol. The second-order valence-electron chi connectivity index (χ2n) is 3.24. The van der Waals surface area contributed by atoms with Gasteiger partial charge in [-0.05, 0) is 29.8 Å². The minimum absolute atomic E-state index is 0.337. The van der Waals surface area contributed by atoms with Crippen LogP contribution in [0.3, 0.4) is 0 Å². The zero-order valence-corrected chi connectivity index (χ0v) is 10.5. The Balaban J connectivity index is 2.55. The van der Waals surface area contributed by atoms with Crippen molar-refractivity contribution >= 4 is 27.5 Å². The Morgan fingerprint density at radius 1 is 1.62 bits per heavy atom. The zero-order valence-electron chi connectivity index (χ0n) is 8.90. The summed E-state index contributed by atoms with van der Waals surface area (Å²) in [6.07, 6.45) is 3.26. The highest BCUT2D eigenvalue weighted by Crippen LogP contribution is 2.21. The molecular weight excluding hydrogens is 274 g/mol. The van der Waals surface area contributed by atoms with Crippen LogP contribution in [0.15, 0.2) is 16.9 Å². The number of aryl methyl sites for hydroxylation is 1. The van der Waals surface area contributed by atoms with Gasteiger partial charge < -0.3 is 4.74 Å². The molecule has 0 bridgehead atoms. The molecule has 2 aromatic heterocycles. The maximum Gasteiger partial charge on any atom is 0.341 e. The van der Waals surface area contributed by atoms with Gasteiger partial charge in [0, 0.05) is 0 Å². The summed E-state index contributed by atoms with van der Waals surface area (Å²) in [4.78, 5) is 15.8. The number of carbonyl (C=O) groups is 1. The van der Waals surface area contributed by atoms with Crippen molar-refractivity contribution in [1.29, 1.82) is 0 Å². The molecule has 2 heterocycles. The molecule has 0 unspecified atom stereocenters. The van der Waals surface area contributed by atoms with Gasteiger partial charge in [0.1, 0.15) is 0 Å². The Labute approximate surface area is 101 Å². The van der Waals surface area contributed by atoms with E-state index in [-0.39, 0.29) is 0 Å². The van der Waals surface area contributed by atoms with Crippen LogP contribution in [-0.4, -0.2) is 27.2 Å². The minimum Gasteiger partial charge on any atom is -0.462 e. The molecule has 0 aliphatic rings. The molecule has 0 fully saturated rings. The molecule has 0 aromatic carbocycles. The van der Waals surface area contributed by atoms with E-state index in [1.807, 2.05) is 6.92 Å². The molecule has 0 aliphatic carbocycles. The van der Waals surface area contributed by atoms with Gasteiger partial charge in [-0.15, -0.1) is 0 Å². The Kier molecular flexibility index (Phi) is 2.91. The van der Waals surface area contributed by atoms with E-state index in [0.29, 0.717) is 22.3 Å². The van der Waals surface area contributed by atoms with Gasteiger partial charge in [-0.3, -0.25) is 0 Å². The molecule has 0 amide bonds. The molecule has 0 saturated carbocycles. The number of hydrogen-bond donors (Lipinski definition) is 0. The molecule has 0 saturated heterocycles. The van der Waals surface area contributed by atoms with Crippen molar-refractivity contribution in [3.63, 3.8) is 0 Å². The number of fused-ring (bicyclic) bond motifs is 1. The maximum absolute atomic E-state index is 11.6. The fourth-order valence-electron chi connectivity index (χ4n) is 1.37. The van der Waals surface area contributed by atoms with Gasteiger partial charge in [0.25, 0.3) is 0 Å². The second-order valence-corrected chi connectivity index (χ2v) is 4.04. The molecular formula is C10H10BrN3O2. The first-order chi connectivity index (χ1) is 7.63. The first-order valence-electron chi connectivity index (χ1n) is 4.81. The molecule has 6 heteroatoms. The van der Waals surface area contributed by atoms with Crippen LogP contribution in [0.5, 0.6) is 0 Å². The van der Waals surface area contributed by atoms with Gasteiger partial charge in [-0.1, -0.05) is 0 Å². The number of ether oxygens (including phenoxy) is 1. The predicted molar refractivity (Wildman–Crippen MR) is 61.4 cm³/mol. The van der Waals surface area contributed by atoms with Crippen LogP contribution in [0.25, 0.3) is 5.65 Å². The van der Waals surface area contributed by atoms with Gasteiger partial charge in [0.2, 0.25) is 0 Å². The molecule has 2 rings (SSSR count). The molecule has 0 aliphatic heterocycles. The summed E-state index contributed by atoms with van der Waals surface area (Å²) >= 11 is 3.34. The normalized spacial score (nSPS) is 10.7. The highest BCUT2D eigenvalue weighted by Gasteiger charge is 2.16. The number of aromatic nitrogens is 3. The number of halogens is 1. The smallest absolute Gasteiger partial charge is 0.341 e. The van der Waals surface area contributed by atoms with E-state index in [0.717, 1.165) is 5.69 Å². The van der Waals surface area contributed by atoms with E-state index in [1.54, 1.807) is 17.6 Å². The van der Waals surface area contributed by atoms with E-state index < -0.39 is 5.97 Å². The zero-order chi connectivity index (χ0) is 11.7. The van der Waals surface area contributed by atoms with E-state index in [1.165, 1.54) is 6.20 Å². The van der Waals surface area contributed by atoms with Crippen molar-refractivity contribution in [1.82, 2.24) is 14.6 Å². The number of carbonyl (C=O) groups excluding carboxylic acids is 1. The Morgan fingerprint density at radius 3 is 3.06 bits per heavy atom. The maximum atomic E-state index is 11.6. The molecule has 16 heavy (non-hydrogen) atoms. The van der Waals surface area contributed by atoms with Gasteiger partial charge in [0.05, 0.1) is 34.7 Å². The van der Waals surface area contributed by atoms with Gasteiger partial charge in [0.15, 0.2) is 5.65 Å². The lowest BCUT2D eigenvalue weighted by Gasteiger charge is -2.04. The predicted octanol–water partition coefficient (Wildman–Crippen LogP) is 1.98. The Morgan fingerprint density at radius 2 is 2.38 bits per heavy atom. The van der Waals surface area contributed by atoms with Crippen molar-refractivity contribution in [2.75, 3.05) is 6.61 Å². The van der Waals surface area contributed by atoms with Crippen LogP contribution in [0.1, 0.15) is 23.0 Å². The summed E-state index contributed by atoms with van der Waals surface area (Å²) in [5.41, 5.74) is 1.84. The van der Waals surface area contributed by atoms with Crippen LogP contribution in [0.4, 0.5) is 0 Å². The number of esters is 1.